The van der Waals surface area contributed by atoms with Gasteiger partial charge in [0.05, 0.1) is 6.61 Å². The molecule has 1 fully saturated rings. The molecule has 5 atom stereocenters. The highest BCUT2D eigenvalue weighted by Crippen LogP contribution is 2.24. The van der Waals surface area contributed by atoms with E-state index in [4.69, 9.17) is 9.47 Å². The van der Waals surface area contributed by atoms with E-state index < -0.39 is 45.4 Å². The van der Waals surface area contributed by atoms with E-state index in [1.807, 2.05) is 0 Å². The molecule has 0 radical (unpaired) electrons. The van der Waals surface area contributed by atoms with Crippen LogP contribution < -0.4 is 0 Å². The summed E-state index contributed by atoms with van der Waals surface area (Å²) < 4.78 is 11.1. The molecule has 0 aromatic heterocycles. The SMILES string of the molecule is CCCCCCCCCCCCCCCCCC[Si](C)(C)CCO[C@H]1O[C@H](CO)[C@@H](O)[C@H](O)[C@H]1O. The summed E-state index contributed by atoms with van der Waals surface area (Å²) in [5.41, 5.74) is 0. The van der Waals surface area contributed by atoms with E-state index in [2.05, 4.69) is 20.0 Å². The molecule has 0 aromatic rings. The van der Waals surface area contributed by atoms with Gasteiger partial charge in [-0.25, -0.2) is 0 Å². The van der Waals surface area contributed by atoms with Crippen LogP contribution in [0.1, 0.15) is 110 Å². The molecule has 0 aliphatic carbocycles. The predicted octanol–water partition coefficient (Wildman–Crippen LogP) is 5.77. The summed E-state index contributed by atoms with van der Waals surface area (Å²) in [6.07, 6.45) is 16.3. The van der Waals surface area contributed by atoms with Gasteiger partial charge in [-0.1, -0.05) is 129 Å². The van der Waals surface area contributed by atoms with E-state index in [1.165, 1.54) is 109 Å². The average Bonchev–Trinajstić information content (AvgIpc) is 2.83. The summed E-state index contributed by atoms with van der Waals surface area (Å²) in [4.78, 5) is 0. The molecule has 1 heterocycles. The smallest absolute Gasteiger partial charge is 0.186 e. The summed E-state index contributed by atoms with van der Waals surface area (Å²) in [6.45, 7) is 7.05. The molecule has 1 aliphatic rings. The fourth-order valence-corrected chi connectivity index (χ4v) is 7.06. The standard InChI is InChI=1S/C28H58O6Si/c1-4-5-6-7-8-9-10-11-12-13-14-15-16-17-18-19-21-35(2,3)22-20-33-28-27(32)26(31)25(30)24(23-29)34-28/h24-32H,4-23H2,1-3H3/t24-,25-,26+,27-,28+/m1/s1. The molecular weight excluding hydrogens is 460 g/mol. The average molecular weight is 519 g/mol. The van der Waals surface area contributed by atoms with Crippen molar-refractivity contribution in [3.8, 4) is 0 Å². The molecule has 0 unspecified atom stereocenters. The molecule has 6 nitrogen and oxygen atoms in total. The van der Waals surface area contributed by atoms with Gasteiger partial charge in [-0.2, -0.15) is 0 Å². The molecule has 210 valence electrons. The largest absolute Gasteiger partial charge is 0.394 e. The van der Waals surface area contributed by atoms with Crippen molar-refractivity contribution in [2.24, 2.45) is 0 Å². The van der Waals surface area contributed by atoms with E-state index in [0.29, 0.717) is 6.61 Å². The molecule has 1 aliphatic heterocycles. The van der Waals surface area contributed by atoms with Gasteiger partial charge in [0, 0.05) is 14.7 Å². The summed E-state index contributed by atoms with van der Waals surface area (Å²) in [7, 11) is -1.40. The van der Waals surface area contributed by atoms with Crippen LogP contribution in [0.15, 0.2) is 0 Å². The van der Waals surface area contributed by atoms with Crippen LogP contribution in [0.5, 0.6) is 0 Å². The Morgan fingerprint density at radius 2 is 1.09 bits per heavy atom. The predicted molar refractivity (Wildman–Crippen MR) is 146 cm³/mol. The van der Waals surface area contributed by atoms with Crippen molar-refractivity contribution in [3.05, 3.63) is 0 Å². The molecule has 1 rings (SSSR count). The highest BCUT2D eigenvalue weighted by molar-refractivity contribution is 6.77. The highest BCUT2D eigenvalue weighted by Gasteiger charge is 2.44. The molecule has 0 spiro atoms. The summed E-state index contributed by atoms with van der Waals surface area (Å²) in [5, 5.41) is 39.1. The Morgan fingerprint density at radius 1 is 0.629 bits per heavy atom. The van der Waals surface area contributed by atoms with Gasteiger partial charge in [-0.3, -0.25) is 0 Å². The van der Waals surface area contributed by atoms with Crippen LogP contribution in [0, 0.1) is 0 Å². The second kappa shape index (κ2) is 20.0. The van der Waals surface area contributed by atoms with Crippen LogP contribution in [0.2, 0.25) is 25.2 Å². The van der Waals surface area contributed by atoms with Gasteiger partial charge < -0.3 is 29.9 Å². The number of hydrogen-bond acceptors (Lipinski definition) is 6. The molecule has 0 saturated carbocycles. The van der Waals surface area contributed by atoms with Crippen molar-refractivity contribution in [2.75, 3.05) is 13.2 Å². The lowest BCUT2D eigenvalue weighted by Gasteiger charge is -2.39. The minimum absolute atomic E-state index is 0.426. The van der Waals surface area contributed by atoms with Crippen molar-refractivity contribution < 1.29 is 29.9 Å². The monoisotopic (exact) mass is 518 g/mol. The maximum atomic E-state index is 10.1. The lowest BCUT2D eigenvalue weighted by atomic mass is 9.99. The van der Waals surface area contributed by atoms with Gasteiger partial charge in [0.15, 0.2) is 6.29 Å². The molecule has 4 N–H and O–H groups in total. The maximum Gasteiger partial charge on any atom is 0.186 e. The van der Waals surface area contributed by atoms with Gasteiger partial charge in [0.25, 0.3) is 0 Å². The number of rotatable bonds is 22. The van der Waals surface area contributed by atoms with Crippen molar-refractivity contribution >= 4 is 8.07 Å². The first kappa shape index (κ1) is 33.0. The zero-order valence-corrected chi connectivity index (χ0v) is 24.1. The zero-order valence-electron chi connectivity index (χ0n) is 23.1. The van der Waals surface area contributed by atoms with E-state index in [-0.39, 0.29) is 0 Å². The van der Waals surface area contributed by atoms with Crippen molar-refractivity contribution in [3.63, 3.8) is 0 Å². The molecule has 7 heteroatoms. The van der Waals surface area contributed by atoms with Gasteiger partial charge >= 0.3 is 0 Å². The Balaban J connectivity index is 1.96. The number of ether oxygens (including phenoxy) is 2. The molecule has 0 amide bonds. The first-order chi connectivity index (χ1) is 16.8. The van der Waals surface area contributed by atoms with Crippen LogP contribution >= 0.6 is 0 Å². The third-order valence-corrected chi connectivity index (χ3v) is 10.9. The van der Waals surface area contributed by atoms with Crippen molar-refractivity contribution in [1.29, 1.82) is 0 Å². The molecule has 35 heavy (non-hydrogen) atoms. The lowest BCUT2D eigenvalue weighted by molar-refractivity contribution is -0.300. The first-order valence-electron chi connectivity index (χ1n) is 14.7. The quantitative estimate of drug-likeness (QED) is 0.107. The Bertz CT molecular complexity index is 490. The topological polar surface area (TPSA) is 99.4 Å². The number of aliphatic hydroxyl groups excluding tert-OH is 4. The third-order valence-electron chi connectivity index (χ3n) is 7.62. The van der Waals surface area contributed by atoms with E-state index >= 15 is 0 Å². The van der Waals surface area contributed by atoms with E-state index in [0.717, 1.165) is 6.04 Å². The number of hydrogen-bond donors (Lipinski definition) is 4. The second-order valence-electron chi connectivity index (χ2n) is 11.5. The second-order valence-corrected chi connectivity index (χ2v) is 16.9. The Labute approximate surface area is 216 Å². The fourth-order valence-electron chi connectivity index (χ4n) is 4.93. The lowest BCUT2D eigenvalue weighted by Crippen LogP contribution is -2.59. The molecular formula is C28H58O6Si. The summed E-state index contributed by atoms with van der Waals surface area (Å²) in [5.74, 6) is 0. The van der Waals surface area contributed by atoms with Gasteiger partial charge in [-0.05, 0) is 6.04 Å². The first-order valence-corrected chi connectivity index (χ1v) is 18.2. The maximum absolute atomic E-state index is 10.1. The van der Waals surface area contributed by atoms with Crippen LogP contribution in [0.25, 0.3) is 0 Å². The highest BCUT2D eigenvalue weighted by atomic mass is 28.3. The summed E-state index contributed by atoms with van der Waals surface area (Å²) in [6, 6.07) is 2.23. The van der Waals surface area contributed by atoms with E-state index in [1.54, 1.807) is 0 Å². The van der Waals surface area contributed by atoms with Crippen molar-refractivity contribution in [1.82, 2.24) is 0 Å². The Kier molecular flexibility index (Phi) is 18.9. The minimum Gasteiger partial charge on any atom is -0.394 e. The van der Waals surface area contributed by atoms with Crippen LogP contribution in [0.3, 0.4) is 0 Å². The van der Waals surface area contributed by atoms with Crippen molar-refractivity contribution in [2.45, 2.75) is 166 Å². The van der Waals surface area contributed by atoms with Crippen LogP contribution in [-0.4, -0.2) is 72.4 Å². The molecule has 1 saturated heterocycles. The zero-order chi connectivity index (χ0) is 25.9. The fraction of sp³-hybridized carbons (Fsp3) is 1.00. The van der Waals surface area contributed by atoms with Crippen LogP contribution in [-0.2, 0) is 9.47 Å². The number of aliphatic hydroxyl groups is 4. The van der Waals surface area contributed by atoms with Crippen LogP contribution in [0.4, 0.5) is 0 Å². The Hall–Kier alpha value is -0.0231. The molecule has 0 bridgehead atoms. The normalized spacial score (nSPS) is 25.3. The minimum atomic E-state index is -1.40. The van der Waals surface area contributed by atoms with E-state index in [9.17, 15) is 20.4 Å². The Morgan fingerprint density at radius 3 is 1.54 bits per heavy atom. The summed E-state index contributed by atoms with van der Waals surface area (Å²) >= 11 is 0. The van der Waals surface area contributed by atoms with Gasteiger partial charge in [0.2, 0.25) is 0 Å². The third kappa shape index (κ3) is 15.1. The molecule has 0 aromatic carbocycles. The number of unbranched alkanes of at least 4 members (excludes halogenated alkanes) is 15. The van der Waals surface area contributed by atoms with Gasteiger partial charge in [0.1, 0.15) is 24.4 Å². The van der Waals surface area contributed by atoms with Gasteiger partial charge in [-0.15, -0.1) is 0 Å².